The second kappa shape index (κ2) is 4.43. The van der Waals surface area contributed by atoms with Gasteiger partial charge in [0.1, 0.15) is 0 Å². The molecule has 2 aliphatic rings. The van der Waals surface area contributed by atoms with E-state index in [4.69, 9.17) is 5.73 Å². The van der Waals surface area contributed by atoms with Gasteiger partial charge in [-0.05, 0) is 36.8 Å². The Labute approximate surface area is 104 Å². The lowest BCUT2D eigenvalue weighted by molar-refractivity contribution is 0.234. The molecule has 3 rings (SSSR count). The van der Waals surface area contributed by atoms with Crippen LogP contribution in [0.15, 0.2) is 30.3 Å². The molecule has 0 bridgehead atoms. The standard InChI is InChI=1S/C15H22N2/c16-14-7-4-8-15(14)9-10-17(12-15)11-13-5-2-1-3-6-13/h1-3,5-6,14H,4,7-12,16H2. The van der Waals surface area contributed by atoms with Gasteiger partial charge in [-0.3, -0.25) is 4.90 Å². The van der Waals surface area contributed by atoms with Crippen LogP contribution in [0.1, 0.15) is 31.2 Å². The molecule has 2 nitrogen and oxygen atoms in total. The minimum Gasteiger partial charge on any atom is -0.327 e. The maximum atomic E-state index is 6.30. The van der Waals surface area contributed by atoms with Gasteiger partial charge in [-0.15, -0.1) is 0 Å². The third-order valence-corrected chi connectivity index (χ3v) is 4.69. The molecule has 0 amide bonds. The van der Waals surface area contributed by atoms with Crippen molar-refractivity contribution in [3.8, 4) is 0 Å². The SMILES string of the molecule is NC1CCCC12CCN(Cc1ccccc1)C2. The second-order valence-electron chi connectivity index (χ2n) is 5.81. The van der Waals surface area contributed by atoms with Crippen LogP contribution in [0.3, 0.4) is 0 Å². The molecule has 92 valence electrons. The molecule has 1 spiro atoms. The highest BCUT2D eigenvalue weighted by atomic mass is 15.2. The first-order valence-corrected chi connectivity index (χ1v) is 6.80. The number of hydrogen-bond donors (Lipinski definition) is 1. The number of rotatable bonds is 2. The zero-order valence-corrected chi connectivity index (χ0v) is 10.4. The van der Waals surface area contributed by atoms with Crippen LogP contribution in [0.5, 0.6) is 0 Å². The summed E-state index contributed by atoms with van der Waals surface area (Å²) in [5.41, 5.74) is 8.18. The van der Waals surface area contributed by atoms with Crippen LogP contribution < -0.4 is 5.73 Å². The van der Waals surface area contributed by atoms with E-state index in [0.29, 0.717) is 11.5 Å². The summed E-state index contributed by atoms with van der Waals surface area (Å²) in [6, 6.07) is 11.2. The molecule has 1 aliphatic carbocycles. The minimum absolute atomic E-state index is 0.447. The summed E-state index contributed by atoms with van der Waals surface area (Å²) in [4.78, 5) is 2.58. The number of nitrogens with two attached hydrogens (primary N) is 1. The first-order chi connectivity index (χ1) is 8.28. The van der Waals surface area contributed by atoms with E-state index in [1.807, 2.05) is 0 Å². The maximum Gasteiger partial charge on any atom is 0.0233 e. The van der Waals surface area contributed by atoms with E-state index in [2.05, 4.69) is 35.2 Å². The van der Waals surface area contributed by atoms with Crippen molar-refractivity contribution in [2.75, 3.05) is 13.1 Å². The van der Waals surface area contributed by atoms with Gasteiger partial charge in [-0.2, -0.15) is 0 Å². The van der Waals surface area contributed by atoms with Crippen LogP contribution in [-0.4, -0.2) is 24.0 Å². The van der Waals surface area contributed by atoms with Crippen molar-refractivity contribution in [2.24, 2.45) is 11.1 Å². The van der Waals surface area contributed by atoms with E-state index < -0.39 is 0 Å². The summed E-state index contributed by atoms with van der Waals surface area (Å²) < 4.78 is 0. The second-order valence-corrected chi connectivity index (χ2v) is 5.81. The molecule has 0 radical (unpaired) electrons. The van der Waals surface area contributed by atoms with Gasteiger partial charge < -0.3 is 5.73 Å². The van der Waals surface area contributed by atoms with Crippen LogP contribution in [0.2, 0.25) is 0 Å². The van der Waals surface area contributed by atoms with Crippen molar-refractivity contribution in [1.29, 1.82) is 0 Å². The molecule has 2 fully saturated rings. The fourth-order valence-electron chi connectivity index (χ4n) is 3.63. The fourth-order valence-corrected chi connectivity index (χ4v) is 3.63. The van der Waals surface area contributed by atoms with E-state index in [1.54, 1.807) is 0 Å². The third kappa shape index (κ3) is 2.12. The van der Waals surface area contributed by atoms with E-state index in [-0.39, 0.29) is 0 Å². The average Bonchev–Trinajstić information content (AvgIpc) is 2.90. The molecule has 1 aromatic carbocycles. The van der Waals surface area contributed by atoms with Gasteiger partial charge >= 0.3 is 0 Å². The molecule has 2 N–H and O–H groups in total. The molecule has 1 aromatic rings. The number of hydrogen-bond acceptors (Lipinski definition) is 2. The van der Waals surface area contributed by atoms with Crippen molar-refractivity contribution >= 4 is 0 Å². The third-order valence-electron chi connectivity index (χ3n) is 4.69. The maximum absolute atomic E-state index is 6.30. The molecule has 1 saturated carbocycles. The lowest BCUT2D eigenvalue weighted by Crippen LogP contribution is -2.39. The van der Waals surface area contributed by atoms with Crippen LogP contribution in [-0.2, 0) is 6.54 Å². The lowest BCUT2D eigenvalue weighted by Gasteiger charge is -2.28. The molecule has 1 aliphatic heterocycles. The Bertz CT molecular complexity index is 376. The summed E-state index contributed by atoms with van der Waals surface area (Å²) in [7, 11) is 0. The van der Waals surface area contributed by atoms with Crippen LogP contribution >= 0.6 is 0 Å². The van der Waals surface area contributed by atoms with Crippen molar-refractivity contribution < 1.29 is 0 Å². The van der Waals surface area contributed by atoms with E-state index in [0.717, 1.165) is 6.54 Å². The average molecular weight is 230 g/mol. The molecule has 2 atom stereocenters. The highest BCUT2D eigenvalue weighted by Crippen LogP contribution is 2.44. The van der Waals surface area contributed by atoms with Crippen molar-refractivity contribution in [3.05, 3.63) is 35.9 Å². The Balaban J connectivity index is 1.65. The number of benzene rings is 1. The van der Waals surface area contributed by atoms with Gasteiger partial charge in [0.25, 0.3) is 0 Å². The van der Waals surface area contributed by atoms with E-state index in [9.17, 15) is 0 Å². The van der Waals surface area contributed by atoms with Crippen LogP contribution in [0.4, 0.5) is 0 Å². The molecule has 1 saturated heterocycles. The largest absolute Gasteiger partial charge is 0.327 e. The summed E-state index contributed by atoms with van der Waals surface area (Å²) in [5, 5.41) is 0. The molecule has 2 unspecified atom stereocenters. The molecule has 17 heavy (non-hydrogen) atoms. The molecular formula is C15H22N2. The van der Waals surface area contributed by atoms with Gasteiger partial charge in [0.15, 0.2) is 0 Å². The zero-order chi connectivity index (χ0) is 11.7. The van der Waals surface area contributed by atoms with Crippen molar-refractivity contribution in [3.63, 3.8) is 0 Å². The lowest BCUT2D eigenvalue weighted by atomic mass is 9.82. The normalized spacial score (nSPS) is 33.6. The summed E-state index contributed by atoms with van der Waals surface area (Å²) in [6.45, 7) is 3.53. The first kappa shape index (κ1) is 11.2. The van der Waals surface area contributed by atoms with E-state index in [1.165, 1.54) is 44.3 Å². The smallest absolute Gasteiger partial charge is 0.0233 e. The van der Waals surface area contributed by atoms with Crippen LogP contribution in [0.25, 0.3) is 0 Å². The molecule has 0 aromatic heterocycles. The van der Waals surface area contributed by atoms with Crippen molar-refractivity contribution in [2.45, 2.75) is 38.3 Å². The Kier molecular flexibility index (Phi) is 2.93. The predicted molar refractivity (Wildman–Crippen MR) is 70.6 cm³/mol. The van der Waals surface area contributed by atoms with Gasteiger partial charge in [0.2, 0.25) is 0 Å². The Morgan fingerprint density at radius 1 is 1.24 bits per heavy atom. The summed E-state index contributed by atoms with van der Waals surface area (Å²) in [5.74, 6) is 0. The monoisotopic (exact) mass is 230 g/mol. The molecular weight excluding hydrogens is 208 g/mol. The van der Waals surface area contributed by atoms with Gasteiger partial charge in [0.05, 0.1) is 0 Å². The van der Waals surface area contributed by atoms with E-state index >= 15 is 0 Å². The Morgan fingerprint density at radius 3 is 2.76 bits per heavy atom. The topological polar surface area (TPSA) is 29.3 Å². The Morgan fingerprint density at radius 2 is 2.06 bits per heavy atom. The highest BCUT2D eigenvalue weighted by molar-refractivity contribution is 5.15. The predicted octanol–water partition coefficient (Wildman–Crippen LogP) is 2.39. The summed E-state index contributed by atoms with van der Waals surface area (Å²) in [6.07, 6.45) is 5.22. The fraction of sp³-hybridized carbons (Fsp3) is 0.600. The van der Waals surface area contributed by atoms with Gasteiger partial charge in [0, 0.05) is 19.1 Å². The Hall–Kier alpha value is -0.860. The zero-order valence-electron chi connectivity index (χ0n) is 10.4. The summed E-state index contributed by atoms with van der Waals surface area (Å²) >= 11 is 0. The van der Waals surface area contributed by atoms with Crippen molar-refractivity contribution in [1.82, 2.24) is 4.90 Å². The highest BCUT2D eigenvalue weighted by Gasteiger charge is 2.45. The molecule has 2 heteroatoms. The first-order valence-electron chi connectivity index (χ1n) is 6.80. The minimum atomic E-state index is 0.447. The van der Waals surface area contributed by atoms with Gasteiger partial charge in [-0.25, -0.2) is 0 Å². The number of nitrogens with zero attached hydrogens (tertiary/aromatic N) is 1. The van der Waals surface area contributed by atoms with Crippen LogP contribution in [0, 0.1) is 5.41 Å². The van der Waals surface area contributed by atoms with Gasteiger partial charge in [-0.1, -0.05) is 36.8 Å². The quantitative estimate of drug-likeness (QED) is 0.845. The molecule has 1 heterocycles. The number of likely N-dealkylation sites (tertiary alicyclic amines) is 1.